The molecule has 0 saturated carbocycles. The summed E-state index contributed by atoms with van der Waals surface area (Å²) in [5.41, 5.74) is 13.2. The number of hydrogen-bond donors (Lipinski definition) is 0. The Morgan fingerprint density at radius 3 is 1.14 bits per heavy atom. The number of fused-ring (bicyclic) bond motifs is 8. The van der Waals surface area contributed by atoms with E-state index in [9.17, 15) is 0 Å². The van der Waals surface area contributed by atoms with Crippen molar-refractivity contribution in [2.24, 2.45) is 4.99 Å². The van der Waals surface area contributed by atoms with Gasteiger partial charge in [-0.2, -0.15) is 14.7 Å². The van der Waals surface area contributed by atoms with Crippen molar-refractivity contribution in [3.8, 4) is 22.7 Å². The van der Waals surface area contributed by atoms with Crippen LogP contribution in [0, 0.1) is 111 Å². The number of nitrogens with zero attached hydrogens (tertiary/aromatic N) is 24. The van der Waals surface area contributed by atoms with Crippen LogP contribution in [-0.2, 0) is 0 Å². The molecule has 80 heavy (non-hydrogen) atoms. The van der Waals surface area contributed by atoms with Crippen molar-refractivity contribution in [1.29, 1.82) is 0 Å². The zero-order valence-corrected chi connectivity index (χ0v) is 47.5. The Morgan fingerprint density at radius 2 is 0.713 bits per heavy atom. The van der Waals surface area contributed by atoms with Crippen LogP contribution in [0.1, 0.15) is 109 Å². The van der Waals surface area contributed by atoms with Gasteiger partial charge in [-0.1, -0.05) is 0 Å². The van der Waals surface area contributed by atoms with Gasteiger partial charge in [-0.05, 0) is 117 Å². The van der Waals surface area contributed by atoms with E-state index in [0.717, 1.165) is 80.1 Å². The molecule has 0 fully saturated rings. The van der Waals surface area contributed by atoms with E-state index in [2.05, 4.69) is 56.9 Å². The van der Waals surface area contributed by atoms with E-state index in [4.69, 9.17) is 70.0 Å². The highest BCUT2D eigenvalue weighted by Gasteiger charge is 2.36. The summed E-state index contributed by atoms with van der Waals surface area (Å²) >= 11 is 0. The van der Waals surface area contributed by atoms with Gasteiger partial charge in [0.25, 0.3) is 11.7 Å². The minimum Gasteiger partial charge on any atom is -0.301 e. The fraction of sp³-hybridized carbons (Fsp3) is 0.286. The van der Waals surface area contributed by atoms with Gasteiger partial charge in [0.2, 0.25) is 0 Å². The molecule has 2 aliphatic heterocycles. The van der Waals surface area contributed by atoms with Crippen LogP contribution in [0.25, 0.3) is 57.0 Å². The van der Waals surface area contributed by atoms with E-state index in [1.54, 1.807) is 4.68 Å². The van der Waals surface area contributed by atoms with Crippen molar-refractivity contribution < 1.29 is 0 Å². The normalized spacial score (nSPS) is 12.7. The van der Waals surface area contributed by atoms with Gasteiger partial charge in [0.1, 0.15) is 91.8 Å². The molecule has 13 heterocycles. The lowest BCUT2D eigenvalue weighted by Gasteiger charge is -2.19. The van der Waals surface area contributed by atoms with Crippen molar-refractivity contribution in [3.63, 3.8) is 0 Å². The van der Waals surface area contributed by atoms with E-state index in [1.807, 2.05) is 157 Å². The number of aliphatic imine (C=N–C) groups is 1. The lowest BCUT2D eigenvalue weighted by atomic mass is 10.2. The summed E-state index contributed by atoms with van der Waals surface area (Å²) in [7, 11) is 0. The molecule has 402 valence electrons. The third kappa shape index (κ3) is 7.71. The molecule has 24 heteroatoms. The predicted molar refractivity (Wildman–Crippen MR) is 301 cm³/mol. The van der Waals surface area contributed by atoms with E-state index in [-0.39, 0.29) is 11.7 Å². The third-order valence-corrected chi connectivity index (χ3v) is 14.4. The van der Waals surface area contributed by atoms with Gasteiger partial charge >= 0.3 is 0 Å². The standard InChI is InChI=1S/C56H58N24/c1-27-19-71(35(9)57-27)44-17-43-18-45-69-70-56(79(45)77-25-33(7)63-41(77)15)68-55-66-47(54(67-55)76-24-32(6)62-40(76)14)49(73-21-29(3)59-37(73)11)53-51(75-23-31(5)61-39(75)13)50(74-22-30(4)60-38(74)12)52(80(53)78-26-34(8)64-42(78)16)48(46(44)65-43)72-20-28(2)58-36(72)10/h17-26H,1-16H3. The molecule has 0 atom stereocenters. The van der Waals surface area contributed by atoms with Gasteiger partial charge in [0.05, 0.1) is 69.3 Å². The van der Waals surface area contributed by atoms with Gasteiger partial charge in [0.15, 0.2) is 11.5 Å². The van der Waals surface area contributed by atoms with Crippen molar-refractivity contribution in [2.45, 2.75) is 111 Å². The molecule has 0 spiro atoms. The largest absolute Gasteiger partial charge is 0.301 e. The summed E-state index contributed by atoms with van der Waals surface area (Å²) in [6.07, 6.45) is 18.2. The highest BCUT2D eigenvalue weighted by Crippen LogP contribution is 2.44. The lowest BCUT2D eigenvalue weighted by Crippen LogP contribution is -2.19. The van der Waals surface area contributed by atoms with Gasteiger partial charge in [-0.3, -0.25) is 22.8 Å². The molecule has 0 saturated heterocycles. The van der Waals surface area contributed by atoms with Crippen molar-refractivity contribution in [3.05, 3.63) is 165 Å². The SMILES string of the molecule is Cc1cn(C2=Cc3cc4nnc(nc5nc(c(-n6cc(C)nc6C)c6c(-n7cc(C)nc7C)c(-n7cc(C)nc7C)c(c(-n7cc(C)nc7C)c2n3)n6-n2cc(C)nc2C)C(n2cc(C)nc2C)=N5)n4-n2cc(C)nc2C)c(C)n1. The average molecular weight is 1070 g/mol. The summed E-state index contributed by atoms with van der Waals surface area (Å²) in [6.45, 7) is 31.8. The van der Waals surface area contributed by atoms with Crippen LogP contribution in [0.15, 0.2) is 60.6 Å². The molecular formula is C56H58N24. The fourth-order valence-electron chi connectivity index (χ4n) is 11.4. The summed E-state index contributed by atoms with van der Waals surface area (Å²) < 4.78 is 20.6. The molecule has 0 amide bonds. The zero-order valence-electron chi connectivity index (χ0n) is 47.5. The second-order valence-corrected chi connectivity index (χ2v) is 20.8. The Bertz CT molecular complexity index is 4430. The Balaban J connectivity index is 1.44. The zero-order chi connectivity index (χ0) is 56.1. The maximum Gasteiger partial charge on any atom is 0.274 e. The van der Waals surface area contributed by atoms with Crippen LogP contribution in [0.4, 0.5) is 5.95 Å². The Morgan fingerprint density at radius 1 is 0.325 bits per heavy atom. The number of hydrogen-bond acceptors (Lipinski definition) is 14. The molecule has 0 aromatic carbocycles. The predicted octanol–water partition coefficient (Wildman–Crippen LogP) is 8.21. The summed E-state index contributed by atoms with van der Waals surface area (Å²) in [6, 6.07) is 1.90. The maximum atomic E-state index is 5.76. The monoisotopic (exact) mass is 1070 g/mol. The van der Waals surface area contributed by atoms with Crippen LogP contribution < -0.4 is 0 Å². The highest BCUT2D eigenvalue weighted by atomic mass is 15.6. The molecule has 13 rings (SSSR count). The molecular weight excluding hydrogens is 1010 g/mol. The first-order valence-corrected chi connectivity index (χ1v) is 26.2. The van der Waals surface area contributed by atoms with Crippen molar-refractivity contribution in [2.75, 3.05) is 0 Å². The first-order chi connectivity index (χ1) is 38.2. The Kier molecular flexibility index (Phi) is 11.0. The molecule has 0 aliphatic carbocycles. The molecule has 11 aromatic heterocycles. The van der Waals surface area contributed by atoms with Gasteiger partial charge in [0, 0.05) is 43.2 Å². The number of aromatic nitrogens is 23. The quantitative estimate of drug-likeness (QED) is 0.147. The Labute approximate surface area is 458 Å². The van der Waals surface area contributed by atoms with Crippen LogP contribution in [0.3, 0.4) is 0 Å². The van der Waals surface area contributed by atoms with E-state index in [0.29, 0.717) is 80.1 Å². The molecule has 0 radical (unpaired) electrons. The summed E-state index contributed by atoms with van der Waals surface area (Å²) in [5.74, 6) is 6.41. The lowest BCUT2D eigenvalue weighted by molar-refractivity contribution is 0.670. The average Bonchev–Trinajstić information content (AvgIpc) is 4.30. The topological polar surface area (TPSA) is 229 Å². The van der Waals surface area contributed by atoms with E-state index in [1.165, 1.54) is 0 Å². The van der Waals surface area contributed by atoms with Gasteiger partial charge in [-0.25, -0.2) is 63.9 Å². The van der Waals surface area contributed by atoms with Crippen LogP contribution >= 0.6 is 0 Å². The van der Waals surface area contributed by atoms with Crippen LogP contribution in [0.2, 0.25) is 0 Å². The third-order valence-electron chi connectivity index (χ3n) is 14.4. The molecule has 0 N–H and O–H groups in total. The first-order valence-electron chi connectivity index (χ1n) is 26.2. The van der Waals surface area contributed by atoms with Gasteiger partial charge < -0.3 is 4.57 Å². The maximum absolute atomic E-state index is 5.76. The number of aryl methyl sites for hydroxylation is 16. The fourth-order valence-corrected chi connectivity index (χ4v) is 11.4. The Hall–Kier alpha value is -10.0. The highest BCUT2D eigenvalue weighted by molar-refractivity contribution is 6.09. The molecule has 24 nitrogen and oxygen atoms in total. The molecule has 8 bridgehead atoms. The van der Waals surface area contributed by atoms with Crippen molar-refractivity contribution >= 4 is 46.0 Å². The second kappa shape index (κ2) is 17.8. The second-order valence-electron chi connectivity index (χ2n) is 20.8. The minimum absolute atomic E-state index is 0.110. The number of rotatable bonds is 7. The molecule has 2 aliphatic rings. The summed E-state index contributed by atoms with van der Waals surface area (Å²) in [4.78, 5) is 62.3. The molecule has 0 unspecified atom stereocenters. The number of imidazole rings is 8. The molecule has 11 aromatic rings. The summed E-state index contributed by atoms with van der Waals surface area (Å²) in [5, 5.41) is 9.61. The smallest absolute Gasteiger partial charge is 0.274 e. The van der Waals surface area contributed by atoms with Crippen molar-refractivity contribution in [1.82, 2.24) is 111 Å². The van der Waals surface area contributed by atoms with E-state index >= 15 is 0 Å². The van der Waals surface area contributed by atoms with Crippen LogP contribution in [0.5, 0.6) is 0 Å². The minimum atomic E-state index is 0.110. The van der Waals surface area contributed by atoms with E-state index < -0.39 is 0 Å². The first kappa shape index (κ1) is 49.6. The van der Waals surface area contributed by atoms with Gasteiger partial charge in [-0.15, -0.1) is 10.2 Å². The van der Waals surface area contributed by atoms with Crippen LogP contribution in [-0.4, -0.2) is 117 Å².